The number of hydrogen-bond donors (Lipinski definition) is 2. The summed E-state index contributed by atoms with van der Waals surface area (Å²) in [4.78, 5) is 0.412. The van der Waals surface area contributed by atoms with Crippen molar-refractivity contribution in [1.82, 2.24) is 0 Å². The van der Waals surface area contributed by atoms with E-state index >= 15 is 0 Å². The van der Waals surface area contributed by atoms with Gasteiger partial charge in [-0.25, -0.2) is 0 Å². The van der Waals surface area contributed by atoms with E-state index in [-0.39, 0.29) is 0 Å². The fourth-order valence-corrected chi connectivity index (χ4v) is 2.14. The van der Waals surface area contributed by atoms with Crippen molar-refractivity contribution < 1.29 is 0 Å². The molecule has 0 bridgehead atoms. The fraction of sp³-hybridized carbons (Fsp3) is 0.417. The van der Waals surface area contributed by atoms with Crippen molar-refractivity contribution in [3.05, 3.63) is 28.2 Å². The average Bonchev–Trinajstić information content (AvgIpc) is 2.16. The summed E-state index contributed by atoms with van der Waals surface area (Å²) in [5.74, 6) is 0.592. The Labute approximate surface area is 111 Å². The van der Waals surface area contributed by atoms with E-state index in [0.29, 0.717) is 16.9 Å². The molecule has 0 saturated heterocycles. The first-order valence-electron chi connectivity index (χ1n) is 5.27. The van der Waals surface area contributed by atoms with Crippen molar-refractivity contribution in [2.24, 2.45) is 11.7 Å². The highest BCUT2D eigenvalue weighted by Crippen LogP contribution is 2.22. The molecule has 1 rings (SSSR count). The summed E-state index contributed by atoms with van der Waals surface area (Å²) >= 11 is 8.42. The largest absolute Gasteiger partial charge is 0.389 e. The molecule has 1 aromatic carbocycles. The van der Waals surface area contributed by atoms with Crippen molar-refractivity contribution in [2.75, 3.05) is 5.32 Å². The van der Waals surface area contributed by atoms with E-state index in [4.69, 9.17) is 18.0 Å². The first kappa shape index (κ1) is 13.5. The molecule has 0 spiro atoms. The zero-order valence-electron chi connectivity index (χ0n) is 9.75. The third kappa shape index (κ3) is 3.46. The van der Waals surface area contributed by atoms with Crippen molar-refractivity contribution in [1.29, 1.82) is 0 Å². The van der Waals surface area contributed by atoms with Crippen LogP contribution in [0.15, 0.2) is 22.7 Å². The van der Waals surface area contributed by atoms with Crippen LogP contribution in [0.3, 0.4) is 0 Å². The third-order valence-electron chi connectivity index (χ3n) is 2.63. The van der Waals surface area contributed by atoms with Gasteiger partial charge in [0.25, 0.3) is 0 Å². The topological polar surface area (TPSA) is 38.0 Å². The Hall–Kier alpha value is -0.610. The second-order valence-corrected chi connectivity index (χ2v) is 5.53. The summed E-state index contributed by atoms with van der Waals surface area (Å²) in [5.41, 5.74) is 7.55. The molecular weight excluding hydrogens is 284 g/mol. The molecular formula is C12H17BrN2S. The number of hydrogen-bond acceptors (Lipinski definition) is 2. The van der Waals surface area contributed by atoms with Crippen LogP contribution >= 0.6 is 28.1 Å². The molecule has 0 heterocycles. The second-order valence-electron chi connectivity index (χ2n) is 4.24. The molecule has 0 aliphatic rings. The van der Waals surface area contributed by atoms with Crippen LogP contribution in [0.25, 0.3) is 0 Å². The third-order valence-corrected chi connectivity index (χ3v) is 3.50. The molecule has 0 fully saturated rings. The summed E-state index contributed by atoms with van der Waals surface area (Å²) in [6.45, 7) is 6.55. The quantitative estimate of drug-likeness (QED) is 0.835. The molecule has 88 valence electrons. The van der Waals surface area contributed by atoms with Crippen LogP contribution in [-0.2, 0) is 0 Å². The molecule has 0 aliphatic heterocycles. The van der Waals surface area contributed by atoms with E-state index in [2.05, 4.69) is 42.0 Å². The van der Waals surface area contributed by atoms with E-state index in [9.17, 15) is 0 Å². The maximum absolute atomic E-state index is 5.60. The number of nitrogens with two attached hydrogens (primary N) is 1. The normalized spacial score (nSPS) is 12.6. The van der Waals surface area contributed by atoms with E-state index in [1.54, 1.807) is 0 Å². The Morgan fingerprint density at radius 2 is 2.00 bits per heavy atom. The van der Waals surface area contributed by atoms with Gasteiger partial charge in [-0.15, -0.1) is 0 Å². The molecule has 2 nitrogen and oxygen atoms in total. The number of nitrogens with one attached hydrogen (secondary N) is 1. The molecule has 16 heavy (non-hydrogen) atoms. The molecule has 0 aromatic heterocycles. The van der Waals surface area contributed by atoms with Gasteiger partial charge < -0.3 is 11.1 Å². The van der Waals surface area contributed by atoms with Crippen LogP contribution in [0.4, 0.5) is 5.69 Å². The van der Waals surface area contributed by atoms with E-state index < -0.39 is 0 Å². The van der Waals surface area contributed by atoms with Crippen molar-refractivity contribution >= 4 is 38.8 Å². The van der Waals surface area contributed by atoms with Crippen LogP contribution in [0.5, 0.6) is 0 Å². The number of thiocarbonyl (C=S) groups is 1. The van der Waals surface area contributed by atoms with Crippen LogP contribution in [-0.4, -0.2) is 11.0 Å². The second kappa shape index (κ2) is 5.64. The highest BCUT2D eigenvalue weighted by Gasteiger charge is 2.08. The van der Waals surface area contributed by atoms with Crippen molar-refractivity contribution in [3.8, 4) is 0 Å². The fourth-order valence-electron chi connectivity index (χ4n) is 1.23. The van der Waals surface area contributed by atoms with Gasteiger partial charge in [-0.05, 0) is 47.0 Å². The maximum atomic E-state index is 5.60. The molecule has 3 N–H and O–H groups in total. The minimum absolute atomic E-state index is 0.412. The minimum atomic E-state index is 0.412. The Balaban J connectivity index is 2.85. The lowest BCUT2D eigenvalue weighted by atomic mass is 10.1. The molecule has 1 atom stereocenters. The van der Waals surface area contributed by atoms with Gasteiger partial charge in [-0.2, -0.15) is 0 Å². The SMILES string of the molecule is CC(C)C(C)Nc1ccc(C(N)=S)c(Br)c1. The first-order chi connectivity index (χ1) is 7.41. The zero-order chi connectivity index (χ0) is 12.3. The number of rotatable bonds is 4. The van der Waals surface area contributed by atoms with Gasteiger partial charge in [-0.1, -0.05) is 26.1 Å². The lowest BCUT2D eigenvalue weighted by Gasteiger charge is -2.19. The number of anilines is 1. The van der Waals surface area contributed by atoms with Gasteiger partial charge >= 0.3 is 0 Å². The lowest BCUT2D eigenvalue weighted by molar-refractivity contribution is 0.560. The Morgan fingerprint density at radius 3 is 2.44 bits per heavy atom. The monoisotopic (exact) mass is 300 g/mol. The Kier molecular flexibility index (Phi) is 4.74. The van der Waals surface area contributed by atoms with Crippen molar-refractivity contribution in [2.45, 2.75) is 26.8 Å². The molecule has 0 aliphatic carbocycles. The van der Waals surface area contributed by atoms with Crippen LogP contribution < -0.4 is 11.1 Å². The molecule has 0 radical (unpaired) electrons. The molecule has 0 amide bonds. The predicted molar refractivity (Wildman–Crippen MR) is 78.0 cm³/mol. The van der Waals surface area contributed by atoms with E-state index in [1.165, 1.54) is 0 Å². The number of halogens is 1. The number of benzene rings is 1. The summed E-state index contributed by atoms with van der Waals surface area (Å²) in [7, 11) is 0. The lowest BCUT2D eigenvalue weighted by Crippen LogP contribution is -2.21. The standard InChI is InChI=1S/C12H17BrN2S/c1-7(2)8(3)15-9-4-5-10(12(14)16)11(13)6-9/h4-8,15H,1-3H3,(H2,14,16). The highest BCUT2D eigenvalue weighted by atomic mass is 79.9. The van der Waals surface area contributed by atoms with Gasteiger partial charge in [0.1, 0.15) is 4.99 Å². The first-order valence-corrected chi connectivity index (χ1v) is 6.48. The maximum Gasteiger partial charge on any atom is 0.105 e. The minimum Gasteiger partial charge on any atom is -0.389 e. The summed E-state index contributed by atoms with van der Waals surface area (Å²) in [5, 5.41) is 3.43. The van der Waals surface area contributed by atoms with E-state index in [0.717, 1.165) is 15.7 Å². The zero-order valence-corrected chi connectivity index (χ0v) is 12.2. The van der Waals surface area contributed by atoms with Gasteiger partial charge in [0.15, 0.2) is 0 Å². The highest BCUT2D eigenvalue weighted by molar-refractivity contribution is 9.10. The van der Waals surface area contributed by atoms with Gasteiger partial charge in [0, 0.05) is 21.8 Å². The summed E-state index contributed by atoms with van der Waals surface area (Å²) < 4.78 is 0.931. The Bertz CT molecular complexity index is 391. The van der Waals surface area contributed by atoms with E-state index in [1.807, 2.05) is 18.2 Å². The summed E-state index contributed by atoms with van der Waals surface area (Å²) in [6, 6.07) is 6.37. The molecule has 0 saturated carbocycles. The van der Waals surface area contributed by atoms with Crippen LogP contribution in [0.1, 0.15) is 26.3 Å². The smallest absolute Gasteiger partial charge is 0.105 e. The van der Waals surface area contributed by atoms with Gasteiger partial charge in [-0.3, -0.25) is 0 Å². The average molecular weight is 301 g/mol. The van der Waals surface area contributed by atoms with Crippen LogP contribution in [0.2, 0.25) is 0 Å². The van der Waals surface area contributed by atoms with Gasteiger partial charge in [0.2, 0.25) is 0 Å². The molecule has 4 heteroatoms. The molecule has 1 aromatic rings. The summed E-state index contributed by atoms with van der Waals surface area (Å²) in [6.07, 6.45) is 0. The van der Waals surface area contributed by atoms with Gasteiger partial charge in [0.05, 0.1) is 0 Å². The predicted octanol–water partition coefficient (Wildman–Crippen LogP) is 3.54. The molecule has 1 unspecified atom stereocenters. The van der Waals surface area contributed by atoms with Crippen LogP contribution in [0, 0.1) is 5.92 Å². The Morgan fingerprint density at radius 1 is 1.38 bits per heavy atom. The van der Waals surface area contributed by atoms with Crippen molar-refractivity contribution in [3.63, 3.8) is 0 Å².